The Bertz CT molecular complexity index is 392. The molecule has 2 heterocycles. The predicted octanol–water partition coefficient (Wildman–Crippen LogP) is 2.77. The Labute approximate surface area is 124 Å². The molecule has 0 amide bonds. The molecule has 4 heteroatoms. The lowest BCUT2D eigenvalue weighted by atomic mass is 9.70. The van der Waals surface area contributed by atoms with Crippen LogP contribution in [0.25, 0.3) is 0 Å². The van der Waals surface area contributed by atoms with Crippen molar-refractivity contribution in [1.82, 2.24) is 9.88 Å². The number of piperazine rings is 1. The number of rotatable bonds is 4. The Kier molecular flexibility index (Phi) is 4.08. The number of hydrogen-bond donors (Lipinski definition) is 0. The van der Waals surface area contributed by atoms with Crippen LogP contribution in [0.5, 0.6) is 0 Å². The molecule has 3 nitrogen and oxygen atoms in total. The minimum atomic E-state index is 0.577. The van der Waals surface area contributed by atoms with Crippen LogP contribution in [-0.2, 0) is 0 Å². The zero-order chi connectivity index (χ0) is 13.1. The Morgan fingerprint density at radius 2 is 1.95 bits per heavy atom. The average molecular weight is 324 g/mol. The van der Waals surface area contributed by atoms with Crippen molar-refractivity contribution in [2.75, 3.05) is 43.0 Å². The summed E-state index contributed by atoms with van der Waals surface area (Å²) >= 11 is 3.71. The van der Waals surface area contributed by atoms with Gasteiger partial charge in [0.1, 0.15) is 5.82 Å². The van der Waals surface area contributed by atoms with E-state index in [1.54, 1.807) is 0 Å². The van der Waals surface area contributed by atoms with Gasteiger partial charge in [0.05, 0.1) is 0 Å². The maximum absolute atomic E-state index is 4.45. The van der Waals surface area contributed by atoms with Gasteiger partial charge in [-0.1, -0.05) is 28.4 Å². The van der Waals surface area contributed by atoms with Crippen molar-refractivity contribution in [2.24, 2.45) is 5.41 Å². The molecule has 0 aromatic carbocycles. The van der Waals surface area contributed by atoms with Gasteiger partial charge in [0.25, 0.3) is 0 Å². The van der Waals surface area contributed by atoms with Gasteiger partial charge < -0.3 is 4.90 Å². The summed E-state index contributed by atoms with van der Waals surface area (Å²) in [4.78, 5) is 9.49. The highest BCUT2D eigenvalue weighted by Gasteiger charge is 2.37. The number of alkyl halides is 1. The number of anilines is 1. The number of nitrogens with zero attached hydrogens (tertiary/aromatic N) is 3. The lowest BCUT2D eigenvalue weighted by molar-refractivity contribution is 0.0876. The first-order valence-corrected chi connectivity index (χ1v) is 8.38. The SMILES string of the molecule is BrCC1(CN2CCN(c3ccccn3)CC2)CCC1. The van der Waals surface area contributed by atoms with Gasteiger partial charge in [-0.3, -0.25) is 4.90 Å². The van der Waals surface area contributed by atoms with E-state index in [1.807, 2.05) is 12.3 Å². The second kappa shape index (κ2) is 5.80. The van der Waals surface area contributed by atoms with Gasteiger partial charge in [-0.05, 0) is 30.4 Å². The van der Waals surface area contributed by atoms with Crippen LogP contribution in [0.3, 0.4) is 0 Å². The van der Waals surface area contributed by atoms with Crippen LogP contribution in [0.1, 0.15) is 19.3 Å². The molecule has 1 saturated heterocycles. The fourth-order valence-electron chi connectivity index (χ4n) is 3.16. The highest BCUT2D eigenvalue weighted by molar-refractivity contribution is 9.09. The van der Waals surface area contributed by atoms with Crippen LogP contribution >= 0.6 is 15.9 Å². The highest BCUT2D eigenvalue weighted by Crippen LogP contribution is 2.43. The van der Waals surface area contributed by atoms with Crippen molar-refractivity contribution < 1.29 is 0 Å². The largest absolute Gasteiger partial charge is 0.354 e. The summed E-state index contributed by atoms with van der Waals surface area (Å²) in [5.41, 5.74) is 0.577. The molecule has 19 heavy (non-hydrogen) atoms. The summed E-state index contributed by atoms with van der Waals surface area (Å²) < 4.78 is 0. The molecule has 3 rings (SSSR count). The van der Waals surface area contributed by atoms with E-state index in [0.29, 0.717) is 5.41 Å². The number of hydrogen-bond acceptors (Lipinski definition) is 3. The van der Waals surface area contributed by atoms with Crippen molar-refractivity contribution >= 4 is 21.7 Å². The van der Waals surface area contributed by atoms with Gasteiger partial charge in [0.2, 0.25) is 0 Å². The quantitative estimate of drug-likeness (QED) is 0.794. The third-order valence-electron chi connectivity index (χ3n) is 4.60. The first-order valence-electron chi connectivity index (χ1n) is 7.26. The first-order chi connectivity index (χ1) is 9.31. The zero-order valence-electron chi connectivity index (χ0n) is 11.4. The number of aromatic nitrogens is 1. The second-order valence-electron chi connectivity index (χ2n) is 5.94. The van der Waals surface area contributed by atoms with Gasteiger partial charge in [-0.25, -0.2) is 4.98 Å². The number of pyridine rings is 1. The van der Waals surface area contributed by atoms with Gasteiger partial charge in [-0.15, -0.1) is 0 Å². The molecule has 1 aromatic rings. The molecule has 1 aliphatic heterocycles. The van der Waals surface area contributed by atoms with Gasteiger partial charge >= 0.3 is 0 Å². The fourth-order valence-corrected chi connectivity index (χ4v) is 3.90. The van der Waals surface area contributed by atoms with Gasteiger partial charge in [0, 0.05) is 44.3 Å². The summed E-state index contributed by atoms with van der Waals surface area (Å²) in [6.45, 7) is 5.83. The molecule has 1 aromatic heterocycles. The van der Waals surface area contributed by atoms with E-state index < -0.39 is 0 Å². The zero-order valence-corrected chi connectivity index (χ0v) is 13.0. The van der Waals surface area contributed by atoms with Crippen LogP contribution < -0.4 is 4.90 Å². The maximum Gasteiger partial charge on any atom is 0.128 e. The van der Waals surface area contributed by atoms with Crippen LogP contribution in [-0.4, -0.2) is 47.9 Å². The van der Waals surface area contributed by atoms with Crippen molar-refractivity contribution in [3.05, 3.63) is 24.4 Å². The molecule has 0 spiro atoms. The molecule has 0 unspecified atom stereocenters. The van der Waals surface area contributed by atoms with Crippen molar-refractivity contribution in [3.8, 4) is 0 Å². The minimum Gasteiger partial charge on any atom is -0.354 e. The molecular weight excluding hydrogens is 302 g/mol. The normalized spacial score (nSPS) is 23.1. The van der Waals surface area contributed by atoms with E-state index >= 15 is 0 Å². The molecular formula is C15H22BrN3. The molecule has 2 fully saturated rings. The predicted molar refractivity (Wildman–Crippen MR) is 83.0 cm³/mol. The Balaban J connectivity index is 1.52. The van der Waals surface area contributed by atoms with E-state index in [1.165, 1.54) is 44.2 Å². The maximum atomic E-state index is 4.45. The average Bonchev–Trinajstić information content (AvgIpc) is 2.45. The lowest BCUT2D eigenvalue weighted by Gasteiger charge is -2.46. The summed E-state index contributed by atoms with van der Waals surface area (Å²) in [7, 11) is 0. The van der Waals surface area contributed by atoms with Crippen LogP contribution in [0.2, 0.25) is 0 Å². The van der Waals surface area contributed by atoms with Crippen molar-refractivity contribution in [2.45, 2.75) is 19.3 Å². The smallest absolute Gasteiger partial charge is 0.128 e. The minimum absolute atomic E-state index is 0.577. The van der Waals surface area contributed by atoms with E-state index in [-0.39, 0.29) is 0 Å². The second-order valence-corrected chi connectivity index (χ2v) is 6.50. The molecule has 1 saturated carbocycles. The fraction of sp³-hybridized carbons (Fsp3) is 0.667. The third-order valence-corrected chi connectivity index (χ3v) is 5.79. The molecule has 0 bridgehead atoms. The van der Waals surface area contributed by atoms with Crippen LogP contribution in [0, 0.1) is 5.41 Å². The molecule has 2 aliphatic rings. The van der Waals surface area contributed by atoms with Crippen molar-refractivity contribution in [3.63, 3.8) is 0 Å². The molecule has 0 atom stereocenters. The topological polar surface area (TPSA) is 19.4 Å². The Hall–Kier alpha value is -0.610. The van der Waals surface area contributed by atoms with E-state index in [2.05, 4.69) is 42.8 Å². The summed E-state index contributed by atoms with van der Waals surface area (Å²) in [6.07, 6.45) is 6.10. The molecule has 0 N–H and O–H groups in total. The summed E-state index contributed by atoms with van der Waals surface area (Å²) in [5.74, 6) is 1.13. The van der Waals surface area contributed by atoms with Crippen molar-refractivity contribution in [1.29, 1.82) is 0 Å². The summed E-state index contributed by atoms with van der Waals surface area (Å²) in [6, 6.07) is 6.17. The molecule has 0 radical (unpaired) electrons. The van der Waals surface area contributed by atoms with Gasteiger partial charge in [-0.2, -0.15) is 0 Å². The lowest BCUT2D eigenvalue weighted by Crippen LogP contribution is -2.52. The molecule has 104 valence electrons. The van der Waals surface area contributed by atoms with Crippen LogP contribution in [0.15, 0.2) is 24.4 Å². The van der Waals surface area contributed by atoms with Gasteiger partial charge in [0.15, 0.2) is 0 Å². The Morgan fingerprint density at radius 1 is 1.16 bits per heavy atom. The standard InChI is InChI=1S/C15H22BrN3/c16-12-15(5-3-6-15)13-18-8-10-19(11-9-18)14-4-1-2-7-17-14/h1-2,4,7H,3,5-6,8-13H2. The monoisotopic (exact) mass is 323 g/mol. The first kappa shape index (κ1) is 13.4. The third kappa shape index (κ3) is 2.95. The van der Waals surface area contributed by atoms with E-state index in [4.69, 9.17) is 0 Å². The highest BCUT2D eigenvalue weighted by atomic mass is 79.9. The van der Waals surface area contributed by atoms with E-state index in [0.717, 1.165) is 18.9 Å². The number of halogens is 1. The Morgan fingerprint density at radius 3 is 2.47 bits per heavy atom. The van der Waals surface area contributed by atoms with E-state index in [9.17, 15) is 0 Å². The molecule has 1 aliphatic carbocycles. The summed E-state index contributed by atoms with van der Waals surface area (Å²) in [5, 5.41) is 1.17. The van der Waals surface area contributed by atoms with Crippen LogP contribution in [0.4, 0.5) is 5.82 Å².